The average Bonchev–Trinajstić information content (AvgIpc) is 3.00. The molecule has 1 amide bonds. The van der Waals surface area contributed by atoms with Crippen molar-refractivity contribution in [3.05, 3.63) is 76.1 Å². The summed E-state index contributed by atoms with van der Waals surface area (Å²) in [5, 5.41) is 7.43. The minimum atomic E-state index is -0.591. The summed E-state index contributed by atoms with van der Waals surface area (Å²) in [6.45, 7) is 3.66. The van der Waals surface area contributed by atoms with E-state index in [1.807, 2.05) is 30.3 Å². The number of nitrogens with one attached hydrogen (secondary N) is 1. The number of aromatic nitrogens is 2. The molecule has 0 fully saturated rings. The molecule has 0 bridgehead atoms. The highest BCUT2D eigenvalue weighted by Gasteiger charge is 2.21. The van der Waals surface area contributed by atoms with Crippen molar-refractivity contribution in [3.8, 4) is 5.75 Å². The number of rotatable bonds is 7. The maximum absolute atomic E-state index is 12.6. The Bertz CT molecular complexity index is 1060. The number of anilines is 1. The van der Waals surface area contributed by atoms with Crippen molar-refractivity contribution < 1.29 is 19.1 Å². The number of hydrogen-bond donors (Lipinski definition) is 1. The first-order valence-corrected chi connectivity index (χ1v) is 9.65. The molecule has 0 unspecified atom stereocenters. The van der Waals surface area contributed by atoms with E-state index in [1.165, 1.54) is 7.11 Å². The fraction of sp³-hybridized carbons (Fsp3) is 0.227. The van der Waals surface area contributed by atoms with Crippen molar-refractivity contribution >= 4 is 29.2 Å². The Kier molecular flexibility index (Phi) is 6.74. The first kappa shape index (κ1) is 21.4. The highest BCUT2D eigenvalue weighted by molar-refractivity contribution is 6.32. The summed E-state index contributed by atoms with van der Waals surface area (Å²) in [6.07, 6.45) is 0. The second-order valence-electron chi connectivity index (χ2n) is 6.66. The summed E-state index contributed by atoms with van der Waals surface area (Å²) in [5.41, 5.74) is 3.15. The number of nitrogens with zero attached hydrogens (tertiary/aromatic N) is 2. The van der Waals surface area contributed by atoms with Crippen LogP contribution < -0.4 is 10.1 Å². The van der Waals surface area contributed by atoms with Gasteiger partial charge in [0.15, 0.2) is 6.61 Å². The molecule has 0 spiro atoms. The Morgan fingerprint density at radius 1 is 1.13 bits per heavy atom. The molecule has 0 saturated heterocycles. The summed E-state index contributed by atoms with van der Waals surface area (Å²) < 4.78 is 12.0. The number of hydrogen-bond acceptors (Lipinski definition) is 5. The van der Waals surface area contributed by atoms with Gasteiger partial charge in [-0.05, 0) is 37.6 Å². The Hall–Kier alpha value is -3.32. The summed E-state index contributed by atoms with van der Waals surface area (Å²) in [7, 11) is 1.50. The van der Waals surface area contributed by atoms with Crippen LogP contribution in [0, 0.1) is 13.8 Å². The van der Waals surface area contributed by atoms with Gasteiger partial charge in [0.05, 0.1) is 30.1 Å². The van der Waals surface area contributed by atoms with Crippen LogP contribution >= 0.6 is 11.6 Å². The van der Waals surface area contributed by atoms with Gasteiger partial charge in [-0.2, -0.15) is 5.10 Å². The second-order valence-corrected chi connectivity index (χ2v) is 7.07. The molecule has 30 heavy (non-hydrogen) atoms. The SMILES string of the molecule is COc1ccc(NC(=O)COC(=O)c2c(C)nn(Cc3ccccc3)c2C)cc1Cl. The number of esters is 1. The lowest BCUT2D eigenvalue weighted by molar-refractivity contribution is -0.119. The van der Waals surface area contributed by atoms with E-state index in [1.54, 1.807) is 36.7 Å². The smallest absolute Gasteiger partial charge is 0.342 e. The first-order chi connectivity index (χ1) is 14.4. The van der Waals surface area contributed by atoms with Gasteiger partial charge in [-0.25, -0.2) is 4.79 Å². The number of aryl methyl sites for hydroxylation is 1. The zero-order chi connectivity index (χ0) is 21.7. The monoisotopic (exact) mass is 427 g/mol. The van der Waals surface area contributed by atoms with Crippen molar-refractivity contribution in [1.29, 1.82) is 0 Å². The third kappa shape index (κ3) is 4.99. The molecule has 3 rings (SSSR count). The Labute approximate surface area is 179 Å². The van der Waals surface area contributed by atoms with Crippen LogP contribution in [0.2, 0.25) is 5.02 Å². The fourth-order valence-corrected chi connectivity index (χ4v) is 3.30. The van der Waals surface area contributed by atoms with Crippen molar-refractivity contribution in [1.82, 2.24) is 9.78 Å². The first-order valence-electron chi connectivity index (χ1n) is 9.27. The summed E-state index contributed by atoms with van der Waals surface area (Å²) in [5.74, 6) is -0.566. The summed E-state index contributed by atoms with van der Waals surface area (Å²) in [4.78, 5) is 24.7. The molecule has 0 saturated carbocycles. The topological polar surface area (TPSA) is 82.4 Å². The molecular weight excluding hydrogens is 406 g/mol. The molecule has 0 aliphatic rings. The quantitative estimate of drug-likeness (QED) is 0.576. The number of carbonyl (C=O) groups excluding carboxylic acids is 2. The Morgan fingerprint density at radius 2 is 1.87 bits per heavy atom. The summed E-state index contributed by atoms with van der Waals surface area (Å²) in [6, 6.07) is 14.7. The van der Waals surface area contributed by atoms with Gasteiger partial charge in [-0.1, -0.05) is 41.9 Å². The lowest BCUT2D eigenvalue weighted by atomic mass is 10.2. The molecule has 1 heterocycles. The standard InChI is InChI=1S/C22H22ClN3O4/c1-14-21(15(2)26(25-14)12-16-7-5-4-6-8-16)22(28)30-13-20(27)24-17-9-10-19(29-3)18(23)11-17/h4-11H,12-13H2,1-3H3,(H,24,27). The number of amides is 1. The number of methoxy groups -OCH3 is 1. The van der Waals surface area contributed by atoms with Gasteiger partial charge in [0.25, 0.3) is 5.91 Å². The zero-order valence-corrected chi connectivity index (χ0v) is 17.7. The van der Waals surface area contributed by atoms with Crippen molar-refractivity contribution in [2.24, 2.45) is 0 Å². The minimum Gasteiger partial charge on any atom is -0.495 e. The summed E-state index contributed by atoms with van der Waals surface area (Å²) >= 11 is 6.04. The van der Waals surface area contributed by atoms with E-state index in [2.05, 4.69) is 10.4 Å². The molecule has 0 atom stereocenters. The molecule has 7 nitrogen and oxygen atoms in total. The van der Waals surface area contributed by atoms with Gasteiger partial charge in [-0.15, -0.1) is 0 Å². The third-order valence-electron chi connectivity index (χ3n) is 4.53. The predicted molar refractivity (Wildman–Crippen MR) is 114 cm³/mol. The minimum absolute atomic E-state index is 0.365. The van der Waals surface area contributed by atoms with Crippen LogP contribution in [0.3, 0.4) is 0 Å². The van der Waals surface area contributed by atoms with Crippen LogP contribution in [-0.4, -0.2) is 35.4 Å². The molecule has 8 heteroatoms. The van der Waals surface area contributed by atoms with Gasteiger partial charge in [0.2, 0.25) is 0 Å². The molecule has 1 N–H and O–H groups in total. The lowest BCUT2D eigenvalue weighted by Crippen LogP contribution is -2.21. The highest BCUT2D eigenvalue weighted by Crippen LogP contribution is 2.27. The van der Waals surface area contributed by atoms with Gasteiger partial charge >= 0.3 is 5.97 Å². The van der Waals surface area contributed by atoms with Crippen LogP contribution in [0.25, 0.3) is 0 Å². The predicted octanol–water partition coefficient (Wildman–Crippen LogP) is 4.01. The molecule has 3 aromatic rings. The van der Waals surface area contributed by atoms with Crippen LogP contribution in [0.1, 0.15) is 27.3 Å². The van der Waals surface area contributed by atoms with Gasteiger partial charge in [0, 0.05) is 5.69 Å². The van der Waals surface area contributed by atoms with E-state index in [-0.39, 0.29) is 0 Å². The number of benzene rings is 2. The van der Waals surface area contributed by atoms with Crippen LogP contribution in [0.15, 0.2) is 48.5 Å². The molecule has 1 aromatic heterocycles. The van der Waals surface area contributed by atoms with Crippen LogP contribution in [-0.2, 0) is 16.1 Å². The number of carbonyl (C=O) groups is 2. The zero-order valence-electron chi connectivity index (χ0n) is 16.9. The van der Waals surface area contributed by atoms with Crippen LogP contribution in [0.4, 0.5) is 5.69 Å². The molecule has 0 radical (unpaired) electrons. The number of halogens is 1. The van der Waals surface area contributed by atoms with E-state index in [0.29, 0.717) is 40.0 Å². The lowest BCUT2D eigenvalue weighted by Gasteiger charge is -2.09. The molecular formula is C22H22ClN3O4. The van der Waals surface area contributed by atoms with Crippen LogP contribution in [0.5, 0.6) is 5.75 Å². The van der Waals surface area contributed by atoms with Crippen molar-refractivity contribution in [2.45, 2.75) is 20.4 Å². The average molecular weight is 428 g/mol. The van der Waals surface area contributed by atoms with E-state index in [0.717, 1.165) is 5.56 Å². The second kappa shape index (κ2) is 9.45. The highest BCUT2D eigenvalue weighted by atomic mass is 35.5. The molecule has 156 valence electrons. The van der Waals surface area contributed by atoms with E-state index in [9.17, 15) is 9.59 Å². The Balaban J connectivity index is 1.62. The normalized spacial score (nSPS) is 10.5. The Morgan fingerprint density at radius 3 is 2.53 bits per heavy atom. The van der Waals surface area contributed by atoms with E-state index >= 15 is 0 Å². The maximum Gasteiger partial charge on any atom is 0.342 e. The maximum atomic E-state index is 12.6. The van der Waals surface area contributed by atoms with Gasteiger partial charge in [0.1, 0.15) is 11.3 Å². The number of ether oxygens (including phenoxy) is 2. The van der Waals surface area contributed by atoms with E-state index in [4.69, 9.17) is 21.1 Å². The van der Waals surface area contributed by atoms with Gasteiger partial charge < -0.3 is 14.8 Å². The van der Waals surface area contributed by atoms with Gasteiger partial charge in [-0.3, -0.25) is 9.48 Å². The van der Waals surface area contributed by atoms with Crippen molar-refractivity contribution in [2.75, 3.05) is 19.0 Å². The van der Waals surface area contributed by atoms with Crippen molar-refractivity contribution in [3.63, 3.8) is 0 Å². The molecule has 0 aliphatic heterocycles. The molecule has 2 aromatic carbocycles. The molecule has 0 aliphatic carbocycles. The third-order valence-corrected chi connectivity index (χ3v) is 4.83. The van der Waals surface area contributed by atoms with E-state index < -0.39 is 18.5 Å². The largest absolute Gasteiger partial charge is 0.495 e. The fourth-order valence-electron chi connectivity index (χ4n) is 3.05.